The summed E-state index contributed by atoms with van der Waals surface area (Å²) in [5, 5.41) is 0.508. The molecule has 0 saturated carbocycles. The van der Waals surface area contributed by atoms with Gasteiger partial charge in [-0.1, -0.05) is 32.4 Å². The maximum atomic E-state index is 13.2. The van der Waals surface area contributed by atoms with Crippen molar-refractivity contribution in [2.45, 2.75) is 103 Å². The highest BCUT2D eigenvalue weighted by Crippen LogP contribution is 2.39. The third kappa shape index (κ3) is 6.67. The van der Waals surface area contributed by atoms with E-state index in [0.29, 0.717) is 18.2 Å². The van der Waals surface area contributed by atoms with Crippen LogP contribution in [0.1, 0.15) is 61.0 Å². The number of aromatic nitrogens is 1. The molecule has 8 heteroatoms. The molecule has 0 unspecified atom stereocenters. The van der Waals surface area contributed by atoms with Crippen molar-refractivity contribution < 1.29 is 18.7 Å². The molecule has 0 spiro atoms. The second-order valence-corrected chi connectivity index (χ2v) is 16.5. The van der Waals surface area contributed by atoms with Crippen molar-refractivity contribution in [1.82, 2.24) is 9.88 Å². The van der Waals surface area contributed by atoms with Crippen molar-refractivity contribution in [3.05, 3.63) is 29.0 Å². The van der Waals surface area contributed by atoms with E-state index in [-0.39, 0.29) is 17.2 Å². The van der Waals surface area contributed by atoms with Gasteiger partial charge in [-0.05, 0) is 76.9 Å². The Bertz CT molecular complexity index is 787. The number of carbonyl (C=O) groups is 1. The molecule has 6 nitrogen and oxygen atoms in total. The minimum absolute atomic E-state index is 0.0834. The smallest absolute Gasteiger partial charge is 0.412 e. The third-order valence-electron chi connectivity index (χ3n) is 6.02. The van der Waals surface area contributed by atoms with Crippen molar-refractivity contribution in [2.75, 3.05) is 6.61 Å². The topological polar surface area (TPSA) is 60.9 Å². The Kier molecular flexibility index (Phi) is 7.58. The van der Waals surface area contributed by atoms with Crippen molar-refractivity contribution in [3.8, 4) is 0 Å². The molecule has 1 aromatic rings. The molecule has 1 aromatic heterocycles. The lowest BCUT2D eigenvalue weighted by Gasteiger charge is -2.37. The lowest BCUT2D eigenvalue weighted by atomic mass is 10.0. The minimum Gasteiger partial charge on any atom is -0.444 e. The van der Waals surface area contributed by atoms with Crippen LogP contribution in [0, 0.1) is 0 Å². The fourth-order valence-corrected chi connectivity index (χ4v) is 4.63. The lowest BCUT2D eigenvalue weighted by Crippen LogP contribution is -2.51. The Morgan fingerprint density at radius 2 is 1.87 bits per heavy atom. The van der Waals surface area contributed by atoms with Gasteiger partial charge in [0, 0.05) is 6.20 Å². The zero-order valence-corrected chi connectivity index (χ0v) is 22.5. The van der Waals surface area contributed by atoms with Gasteiger partial charge in [0.1, 0.15) is 22.6 Å². The monoisotopic (exact) mass is 470 g/mol. The molecular weight excluding hydrogens is 432 g/mol. The van der Waals surface area contributed by atoms with Crippen molar-refractivity contribution >= 4 is 26.0 Å². The normalized spacial score (nSPS) is 22.0. The third-order valence-corrected chi connectivity index (χ3v) is 10.7. The molecule has 176 valence electrons. The molecule has 0 N–H and O–H groups in total. The van der Waals surface area contributed by atoms with E-state index in [1.54, 1.807) is 11.1 Å². The van der Waals surface area contributed by atoms with E-state index >= 15 is 0 Å². The summed E-state index contributed by atoms with van der Waals surface area (Å²) >= 11 is 6.11. The summed E-state index contributed by atoms with van der Waals surface area (Å²) in [5.74, 6) is 0. The Hall–Kier alpha value is -1.15. The van der Waals surface area contributed by atoms with E-state index in [4.69, 9.17) is 25.5 Å². The van der Waals surface area contributed by atoms with Crippen LogP contribution < -0.4 is 0 Å². The van der Waals surface area contributed by atoms with Crippen molar-refractivity contribution in [3.63, 3.8) is 0 Å². The van der Waals surface area contributed by atoms with E-state index in [9.17, 15) is 4.79 Å². The Morgan fingerprint density at radius 3 is 2.39 bits per heavy atom. The summed E-state index contributed by atoms with van der Waals surface area (Å²) in [7, 11) is -1.98. The highest BCUT2D eigenvalue weighted by atomic mass is 35.5. The fourth-order valence-electron chi connectivity index (χ4n) is 3.42. The average Bonchev–Trinajstić information content (AvgIpc) is 2.80. The van der Waals surface area contributed by atoms with Gasteiger partial charge < -0.3 is 13.9 Å². The van der Waals surface area contributed by atoms with Crippen LogP contribution in [-0.2, 0) is 20.3 Å². The van der Waals surface area contributed by atoms with Gasteiger partial charge in [0.05, 0.1) is 12.6 Å². The van der Waals surface area contributed by atoms with Crippen LogP contribution in [0.2, 0.25) is 23.3 Å². The molecule has 1 fully saturated rings. The average molecular weight is 471 g/mol. The number of nitrogens with zero attached hydrogens (tertiary/aromatic N) is 2. The standard InChI is InChI=1S/C23H39ClN2O4Si/c1-21(2,3)30-20(27)26-17(13-16-11-12-25-19(24)14-16)18(29-23(26,7)8)15-28-31(9,10)22(4,5)6/h11-12,14,17-18H,13,15H2,1-10H3/t17-,18+/m0/s1. The summed E-state index contributed by atoms with van der Waals surface area (Å²) in [4.78, 5) is 19.0. The second-order valence-electron chi connectivity index (χ2n) is 11.3. The van der Waals surface area contributed by atoms with Gasteiger partial charge >= 0.3 is 6.09 Å². The Morgan fingerprint density at radius 1 is 1.26 bits per heavy atom. The highest BCUT2D eigenvalue weighted by Gasteiger charge is 2.52. The van der Waals surface area contributed by atoms with Crippen LogP contribution in [0.4, 0.5) is 4.79 Å². The van der Waals surface area contributed by atoms with E-state index in [2.05, 4.69) is 38.8 Å². The summed E-state index contributed by atoms with van der Waals surface area (Å²) in [6, 6.07) is 3.48. The molecule has 1 aliphatic rings. The maximum Gasteiger partial charge on any atom is 0.412 e. The van der Waals surface area contributed by atoms with Gasteiger partial charge in [0.2, 0.25) is 0 Å². The quantitative estimate of drug-likeness (QED) is 0.387. The van der Waals surface area contributed by atoms with Crippen LogP contribution in [0.15, 0.2) is 18.3 Å². The molecule has 1 aliphatic heterocycles. The summed E-state index contributed by atoms with van der Waals surface area (Å²) in [6.07, 6.45) is 1.56. The van der Waals surface area contributed by atoms with Gasteiger partial charge in [-0.2, -0.15) is 0 Å². The molecule has 1 saturated heterocycles. The number of ether oxygens (including phenoxy) is 2. The molecule has 2 atom stereocenters. The first kappa shape index (κ1) is 26.1. The number of halogens is 1. The second kappa shape index (κ2) is 9.00. The Balaban J connectivity index is 2.35. The van der Waals surface area contributed by atoms with Gasteiger partial charge in [0.15, 0.2) is 8.32 Å². The van der Waals surface area contributed by atoms with Crippen LogP contribution in [0.25, 0.3) is 0 Å². The summed E-state index contributed by atoms with van der Waals surface area (Å²) < 4.78 is 18.6. The predicted octanol–water partition coefficient (Wildman–Crippen LogP) is 6.04. The maximum absolute atomic E-state index is 13.2. The van der Waals surface area contributed by atoms with Crippen LogP contribution in [0.5, 0.6) is 0 Å². The molecular formula is C23H39ClN2O4Si. The van der Waals surface area contributed by atoms with Crippen LogP contribution in [0.3, 0.4) is 0 Å². The lowest BCUT2D eigenvalue weighted by molar-refractivity contribution is -0.0855. The van der Waals surface area contributed by atoms with Crippen molar-refractivity contribution in [1.29, 1.82) is 0 Å². The number of hydrogen-bond donors (Lipinski definition) is 0. The largest absolute Gasteiger partial charge is 0.444 e. The fraction of sp³-hybridized carbons (Fsp3) is 0.739. The Labute approximate surface area is 193 Å². The SMILES string of the molecule is CC(C)(C)OC(=O)N1[C@@H](Cc2ccnc(Cl)c2)[C@@H](CO[Si](C)(C)C(C)(C)C)OC1(C)C. The molecule has 0 bridgehead atoms. The van der Waals surface area contributed by atoms with Gasteiger partial charge in [-0.15, -0.1) is 0 Å². The first-order valence-corrected chi connectivity index (χ1v) is 14.2. The van der Waals surface area contributed by atoms with Gasteiger partial charge in [-0.3, -0.25) is 4.90 Å². The minimum atomic E-state index is -1.98. The van der Waals surface area contributed by atoms with E-state index in [1.807, 2.05) is 46.8 Å². The number of amides is 1. The first-order chi connectivity index (χ1) is 13.9. The molecule has 0 radical (unpaired) electrons. The molecule has 2 heterocycles. The number of hydrogen-bond acceptors (Lipinski definition) is 5. The molecule has 0 aromatic carbocycles. The zero-order valence-electron chi connectivity index (χ0n) is 20.7. The van der Waals surface area contributed by atoms with Gasteiger partial charge in [0.25, 0.3) is 0 Å². The molecule has 0 aliphatic carbocycles. The van der Waals surface area contributed by atoms with Crippen LogP contribution >= 0.6 is 11.6 Å². The summed E-state index contributed by atoms with van der Waals surface area (Å²) in [5.41, 5.74) is -0.448. The summed E-state index contributed by atoms with van der Waals surface area (Å²) in [6.45, 7) is 20.9. The zero-order chi connectivity index (χ0) is 23.8. The van der Waals surface area contributed by atoms with E-state index in [1.165, 1.54) is 0 Å². The predicted molar refractivity (Wildman–Crippen MR) is 127 cm³/mol. The number of rotatable bonds is 5. The van der Waals surface area contributed by atoms with Crippen molar-refractivity contribution in [2.24, 2.45) is 0 Å². The molecule has 2 rings (SSSR count). The highest BCUT2D eigenvalue weighted by molar-refractivity contribution is 6.74. The van der Waals surface area contributed by atoms with Crippen LogP contribution in [-0.4, -0.2) is 54.4 Å². The van der Waals surface area contributed by atoms with Gasteiger partial charge in [-0.25, -0.2) is 9.78 Å². The number of pyridine rings is 1. The number of carbonyl (C=O) groups excluding carboxylic acids is 1. The first-order valence-electron chi connectivity index (χ1n) is 10.9. The molecule has 1 amide bonds. The van der Waals surface area contributed by atoms with E-state index < -0.39 is 25.7 Å². The van der Waals surface area contributed by atoms with E-state index in [0.717, 1.165) is 5.56 Å². The molecule has 31 heavy (non-hydrogen) atoms.